The molecule has 0 aliphatic carbocycles. The van der Waals surface area contributed by atoms with Crippen LogP contribution in [0.25, 0.3) is 0 Å². The van der Waals surface area contributed by atoms with Crippen molar-refractivity contribution < 1.29 is 5.11 Å². The van der Waals surface area contributed by atoms with Crippen LogP contribution >= 0.6 is 0 Å². The lowest BCUT2D eigenvalue weighted by Gasteiger charge is -1.88. The summed E-state index contributed by atoms with van der Waals surface area (Å²) >= 11 is 0. The van der Waals surface area contributed by atoms with Gasteiger partial charge in [-0.15, -0.1) is 6.58 Å². The summed E-state index contributed by atoms with van der Waals surface area (Å²) in [4.78, 5) is 7.41. The number of hydrogen-bond acceptors (Lipinski definition) is 2. The smallest absolute Gasteiger partial charge is 0.108 e. The molecule has 66 valence electrons. The van der Waals surface area contributed by atoms with Crippen molar-refractivity contribution in [3.63, 3.8) is 0 Å². The van der Waals surface area contributed by atoms with Crippen molar-refractivity contribution in [2.24, 2.45) is 0 Å². The summed E-state index contributed by atoms with van der Waals surface area (Å²) in [6.45, 7) is 5.77. The maximum Gasteiger partial charge on any atom is 0.108 e. The second kappa shape index (κ2) is 4.07. The van der Waals surface area contributed by atoms with Crippen LogP contribution < -0.4 is 0 Å². The van der Waals surface area contributed by atoms with Gasteiger partial charge in [0.25, 0.3) is 0 Å². The largest absolute Gasteiger partial charge is 0.396 e. The van der Waals surface area contributed by atoms with Gasteiger partial charge in [0.2, 0.25) is 0 Å². The highest BCUT2D eigenvalue weighted by atomic mass is 16.3. The number of H-pyrrole nitrogens is 1. The summed E-state index contributed by atoms with van der Waals surface area (Å²) in [6.07, 6.45) is 3.21. The third kappa shape index (κ3) is 1.95. The molecule has 1 heterocycles. The van der Waals surface area contributed by atoms with Crippen molar-refractivity contribution in [1.29, 1.82) is 0 Å². The Balaban J connectivity index is 2.77. The summed E-state index contributed by atoms with van der Waals surface area (Å²) in [5.74, 6) is 0.854. The van der Waals surface area contributed by atoms with E-state index < -0.39 is 0 Å². The zero-order valence-electron chi connectivity index (χ0n) is 7.30. The second-order valence-electron chi connectivity index (χ2n) is 2.72. The van der Waals surface area contributed by atoms with Crippen molar-refractivity contribution in [2.75, 3.05) is 6.61 Å². The van der Waals surface area contributed by atoms with Gasteiger partial charge >= 0.3 is 0 Å². The van der Waals surface area contributed by atoms with Crippen molar-refractivity contribution in [2.45, 2.75) is 19.8 Å². The number of aliphatic hydroxyl groups excluding tert-OH is 1. The molecule has 0 saturated heterocycles. The maximum atomic E-state index is 8.67. The fourth-order valence-corrected chi connectivity index (χ4v) is 1.12. The molecule has 0 aliphatic heterocycles. The van der Waals surface area contributed by atoms with E-state index in [0.717, 1.165) is 23.6 Å². The lowest BCUT2D eigenvalue weighted by atomic mass is 10.3. The second-order valence-corrected chi connectivity index (χ2v) is 2.72. The summed E-state index contributed by atoms with van der Waals surface area (Å²) < 4.78 is 0. The summed E-state index contributed by atoms with van der Waals surface area (Å²) in [7, 11) is 0. The van der Waals surface area contributed by atoms with E-state index in [0.29, 0.717) is 6.42 Å². The SMILES string of the molecule is C=CCc1nc(CCO)[nH]c1C. The van der Waals surface area contributed by atoms with Crippen molar-refractivity contribution in [3.8, 4) is 0 Å². The van der Waals surface area contributed by atoms with Gasteiger partial charge < -0.3 is 10.1 Å². The maximum absolute atomic E-state index is 8.67. The standard InChI is InChI=1S/C9H14N2O/c1-3-4-8-7(2)10-9(11-8)5-6-12/h3,12H,1,4-6H2,2H3,(H,10,11). The quantitative estimate of drug-likeness (QED) is 0.655. The highest BCUT2D eigenvalue weighted by molar-refractivity contribution is 5.15. The van der Waals surface area contributed by atoms with E-state index in [9.17, 15) is 0 Å². The number of nitrogens with one attached hydrogen (secondary N) is 1. The molecule has 1 rings (SSSR count). The molecule has 0 radical (unpaired) electrons. The predicted octanol–water partition coefficient (Wildman–Crippen LogP) is 0.981. The van der Waals surface area contributed by atoms with E-state index >= 15 is 0 Å². The number of aromatic nitrogens is 2. The van der Waals surface area contributed by atoms with Crippen LogP contribution in [0.3, 0.4) is 0 Å². The molecular weight excluding hydrogens is 152 g/mol. The van der Waals surface area contributed by atoms with Crippen LogP contribution in [-0.2, 0) is 12.8 Å². The first kappa shape index (κ1) is 9.00. The normalized spacial score (nSPS) is 10.2. The minimum absolute atomic E-state index is 0.139. The Morgan fingerprint density at radius 3 is 3.00 bits per heavy atom. The van der Waals surface area contributed by atoms with Gasteiger partial charge in [0.15, 0.2) is 0 Å². The first-order chi connectivity index (χ1) is 5.77. The monoisotopic (exact) mass is 166 g/mol. The van der Waals surface area contributed by atoms with Crippen LogP contribution in [0.2, 0.25) is 0 Å². The number of aromatic amines is 1. The van der Waals surface area contributed by atoms with Crippen LogP contribution in [0.15, 0.2) is 12.7 Å². The highest BCUT2D eigenvalue weighted by Gasteiger charge is 2.03. The molecule has 1 aromatic heterocycles. The lowest BCUT2D eigenvalue weighted by Crippen LogP contribution is -1.92. The molecule has 0 spiro atoms. The molecule has 0 unspecified atom stereocenters. The minimum atomic E-state index is 0.139. The molecule has 0 amide bonds. The molecule has 3 heteroatoms. The van der Waals surface area contributed by atoms with Crippen LogP contribution in [0.5, 0.6) is 0 Å². The van der Waals surface area contributed by atoms with Gasteiger partial charge in [-0.05, 0) is 6.92 Å². The highest BCUT2D eigenvalue weighted by Crippen LogP contribution is 2.06. The Morgan fingerprint density at radius 1 is 1.67 bits per heavy atom. The number of imidazole rings is 1. The van der Waals surface area contributed by atoms with Crippen LogP contribution in [0, 0.1) is 6.92 Å². The van der Waals surface area contributed by atoms with Gasteiger partial charge in [-0.25, -0.2) is 4.98 Å². The fraction of sp³-hybridized carbons (Fsp3) is 0.444. The Bertz CT molecular complexity index is 265. The predicted molar refractivity (Wildman–Crippen MR) is 48.0 cm³/mol. The van der Waals surface area contributed by atoms with Crippen molar-refractivity contribution in [1.82, 2.24) is 9.97 Å². The number of aliphatic hydroxyl groups is 1. The van der Waals surface area contributed by atoms with Crippen molar-refractivity contribution >= 4 is 0 Å². The van der Waals surface area contributed by atoms with Gasteiger partial charge in [0.1, 0.15) is 5.82 Å². The van der Waals surface area contributed by atoms with Crippen LogP contribution in [0.4, 0.5) is 0 Å². The number of nitrogens with zero attached hydrogens (tertiary/aromatic N) is 1. The Labute approximate surface area is 72.2 Å². The van der Waals surface area contributed by atoms with E-state index in [4.69, 9.17) is 5.11 Å². The molecule has 0 aromatic carbocycles. The summed E-state index contributed by atoms with van der Waals surface area (Å²) in [6, 6.07) is 0. The number of allylic oxidation sites excluding steroid dienone is 1. The van der Waals surface area contributed by atoms with Gasteiger partial charge in [-0.2, -0.15) is 0 Å². The van der Waals surface area contributed by atoms with Crippen molar-refractivity contribution in [3.05, 3.63) is 29.9 Å². The number of hydrogen-bond donors (Lipinski definition) is 2. The first-order valence-corrected chi connectivity index (χ1v) is 4.04. The molecule has 0 aliphatic rings. The Morgan fingerprint density at radius 2 is 2.42 bits per heavy atom. The Kier molecular flexibility index (Phi) is 3.05. The fourth-order valence-electron chi connectivity index (χ4n) is 1.12. The van der Waals surface area contributed by atoms with Gasteiger partial charge in [0, 0.05) is 18.5 Å². The van der Waals surface area contributed by atoms with Crippen LogP contribution in [0.1, 0.15) is 17.2 Å². The summed E-state index contributed by atoms with van der Waals surface area (Å²) in [5, 5.41) is 8.67. The molecule has 0 atom stereocenters. The molecule has 1 aromatic rings. The topological polar surface area (TPSA) is 48.9 Å². The van der Waals surface area contributed by atoms with Gasteiger partial charge in [-0.3, -0.25) is 0 Å². The molecule has 12 heavy (non-hydrogen) atoms. The van der Waals surface area contributed by atoms with E-state index in [1.807, 2.05) is 13.0 Å². The molecule has 0 fully saturated rings. The van der Waals surface area contributed by atoms with Gasteiger partial charge in [-0.1, -0.05) is 6.08 Å². The number of rotatable bonds is 4. The van der Waals surface area contributed by atoms with E-state index in [1.165, 1.54) is 0 Å². The van der Waals surface area contributed by atoms with E-state index in [1.54, 1.807) is 0 Å². The average molecular weight is 166 g/mol. The lowest BCUT2D eigenvalue weighted by molar-refractivity contribution is 0.297. The van der Waals surface area contributed by atoms with E-state index in [-0.39, 0.29) is 6.61 Å². The third-order valence-corrected chi connectivity index (χ3v) is 1.72. The average Bonchev–Trinajstić information content (AvgIpc) is 2.34. The minimum Gasteiger partial charge on any atom is -0.396 e. The first-order valence-electron chi connectivity index (χ1n) is 4.04. The molecule has 3 nitrogen and oxygen atoms in total. The van der Waals surface area contributed by atoms with E-state index in [2.05, 4.69) is 16.5 Å². The van der Waals surface area contributed by atoms with Crippen LogP contribution in [-0.4, -0.2) is 21.7 Å². The van der Waals surface area contributed by atoms with Gasteiger partial charge in [0.05, 0.1) is 12.3 Å². The molecule has 0 bridgehead atoms. The zero-order valence-corrected chi connectivity index (χ0v) is 7.30. The molecular formula is C9H14N2O. The summed E-state index contributed by atoms with van der Waals surface area (Å²) in [5.41, 5.74) is 2.09. The molecule has 0 saturated carbocycles. The zero-order chi connectivity index (χ0) is 8.97. The number of aryl methyl sites for hydroxylation is 1. The molecule has 2 N–H and O–H groups in total. The third-order valence-electron chi connectivity index (χ3n) is 1.72. The Hall–Kier alpha value is -1.09.